The first-order valence-corrected chi connectivity index (χ1v) is 6.62. The molecule has 1 heterocycles. The van der Waals surface area contributed by atoms with Crippen LogP contribution < -0.4 is 0 Å². The van der Waals surface area contributed by atoms with Gasteiger partial charge in [-0.05, 0) is 25.1 Å². The highest BCUT2D eigenvalue weighted by molar-refractivity contribution is 6.31. The van der Waals surface area contributed by atoms with E-state index in [-0.39, 0.29) is 12.5 Å². The number of aromatic nitrogens is 2. The fourth-order valence-corrected chi connectivity index (χ4v) is 2.05. The standard InChI is InChI=1S/C14H15ClFN3O/c1-3-19-8-12(15)13(17-19)9-18(2)14(20)10-5-4-6-11(16)7-10/h4-8H,3,9H2,1-2H3. The Morgan fingerprint density at radius 3 is 2.85 bits per heavy atom. The average Bonchev–Trinajstić information content (AvgIpc) is 2.78. The van der Waals surface area contributed by atoms with Gasteiger partial charge in [0.05, 0.1) is 11.6 Å². The van der Waals surface area contributed by atoms with Gasteiger partial charge in [0.1, 0.15) is 11.5 Å². The molecule has 20 heavy (non-hydrogen) atoms. The molecule has 0 aliphatic heterocycles. The number of carbonyl (C=O) groups is 1. The van der Waals surface area contributed by atoms with E-state index in [4.69, 9.17) is 11.6 Å². The monoisotopic (exact) mass is 295 g/mol. The van der Waals surface area contributed by atoms with Crippen LogP contribution in [-0.4, -0.2) is 27.6 Å². The number of carbonyl (C=O) groups excluding carboxylic acids is 1. The number of nitrogens with zero attached hydrogens (tertiary/aromatic N) is 3. The zero-order valence-corrected chi connectivity index (χ0v) is 12.1. The number of amides is 1. The minimum Gasteiger partial charge on any atom is -0.336 e. The van der Waals surface area contributed by atoms with E-state index >= 15 is 0 Å². The van der Waals surface area contributed by atoms with E-state index in [1.807, 2.05) is 6.92 Å². The summed E-state index contributed by atoms with van der Waals surface area (Å²) in [4.78, 5) is 13.6. The summed E-state index contributed by atoms with van der Waals surface area (Å²) >= 11 is 6.06. The molecule has 106 valence electrons. The van der Waals surface area contributed by atoms with Crippen molar-refractivity contribution in [2.24, 2.45) is 0 Å². The maximum Gasteiger partial charge on any atom is 0.254 e. The second-order valence-corrected chi connectivity index (χ2v) is 4.86. The van der Waals surface area contributed by atoms with Crippen molar-refractivity contribution in [2.75, 3.05) is 7.05 Å². The molecule has 0 atom stereocenters. The fraction of sp³-hybridized carbons (Fsp3) is 0.286. The third kappa shape index (κ3) is 3.17. The summed E-state index contributed by atoms with van der Waals surface area (Å²) in [5.41, 5.74) is 0.930. The van der Waals surface area contributed by atoms with E-state index in [2.05, 4.69) is 5.10 Å². The fourth-order valence-electron chi connectivity index (χ4n) is 1.84. The lowest BCUT2D eigenvalue weighted by Gasteiger charge is -2.16. The Morgan fingerprint density at radius 2 is 2.25 bits per heavy atom. The highest BCUT2D eigenvalue weighted by Crippen LogP contribution is 2.16. The summed E-state index contributed by atoms with van der Waals surface area (Å²) in [6, 6.07) is 5.60. The van der Waals surface area contributed by atoms with E-state index in [0.29, 0.717) is 22.8 Å². The molecule has 2 rings (SSSR count). The molecule has 0 spiro atoms. The van der Waals surface area contributed by atoms with Crippen molar-refractivity contribution in [3.05, 3.63) is 52.6 Å². The van der Waals surface area contributed by atoms with Gasteiger partial charge in [0.2, 0.25) is 0 Å². The van der Waals surface area contributed by atoms with E-state index in [9.17, 15) is 9.18 Å². The van der Waals surface area contributed by atoms with Crippen molar-refractivity contribution in [3.63, 3.8) is 0 Å². The molecule has 0 unspecified atom stereocenters. The third-order valence-corrected chi connectivity index (χ3v) is 3.23. The lowest BCUT2D eigenvalue weighted by atomic mass is 10.2. The molecule has 0 N–H and O–H groups in total. The number of benzene rings is 1. The molecule has 4 nitrogen and oxygen atoms in total. The Labute approximate surface area is 121 Å². The van der Waals surface area contributed by atoms with Crippen LogP contribution >= 0.6 is 11.6 Å². The normalized spacial score (nSPS) is 10.6. The van der Waals surface area contributed by atoms with Crippen LogP contribution in [0, 0.1) is 5.82 Å². The van der Waals surface area contributed by atoms with E-state index in [0.717, 1.165) is 0 Å². The smallest absolute Gasteiger partial charge is 0.254 e. The van der Waals surface area contributed by atoms with Crippen LogP contribution in [0.15, 0.2) is 30.5 Å². The van der Waals surface area contributed by atoms with Crippen molar-refractivity contribution < 1.29 is 9.18 Å². The quantitative estimate of drug-likeness (QED) is 0.870. The van der Waals surface area contributed by atoms with Crippen molar-refractivity contribution in [1.29, 1.82) is 0 Å². The zero-order chi connectivity index (χ0) is 14.7. The highest BCUT2D eigenvalue weighted by Gasteiger charge is 2.16. The van der Waals surface area contributed by atoms with Gasteiger partial charge in [0.25, 0.3) is 5.91 Å². The van der Waals surface area contributed by atoms with Crippen LogP contribution in [0.3, 0.4) is 0 Å². The van der Waals surface area contributed by atoms with Crippen molar-refractivity contribution in [2.45, 2.75) is 20.0 Å². The Kier molecular flexibility index (Phi) is 4.39. The van der Waals surface area contributed by atoms with Gasteiger partial charge < -0.3 is 4.90 Å². The van der Waals surface area contributed by atoms with E-state index in [1.165, 1.54) is 23.1 Å². The first kappa shape index (κ1) is 14.5. The largest absolute Gasteiger partial charge is 0.336 e. The summed E-state index contributed by atoms with van der Waals surface area (Å²) in [7, 11) is 1.63. The Morgan fingerprint density at radius 1 is 1.50 bits per heavy atom. The minimum atomic E-state index is -0.433. The van der Waals surface area contributed by atoms with Crippen LogP contribution in [0.5, 0.6) is 0 Å². The lowest BCUT2D eigenvalue weighted by Crippen LogP contribution is -2.26. The molecule has 0 saturated heterocycles. The maximum absolute atomic E-state index is 13.1. The minimum absolute atomic E-state index is 0.272. The van der Waals surface area contributed by atoms with Gasteiger partial charge in [-0.3, -0.25) is 9.48 Å². The zero-order valence-electron chi connectivity index (χ0n) is 11.3. The molecule has 1 aromatic carbocycles. The molecule has 0 radical (unpaired) electrons. The van der Waals surface area contributed by atoms with Gasteiger partial charge >= 0.3 is 0 Å². The number of hydrogen-bond donors (Lipinski definition) is 0. The Hall–Kier alpha value is -1.88. The summed E-state index contributed by atoms with van der Waals surface area (Å²) in [5.74, 6) is -0.704. The van der Waals surface area contributed by atoms with Gasteiger partial charge in [-0.1, -0.05) is 17.7 Å². The van der Waals surface area contributed by atoms with Crippen molar-refractivity contribution in [1.82, 2.24) is 14.7 Å². The highest BCUT2D eigenvalue weighted by atomic mass is 35.5. The lowest BCUT2D eigenvalue weighted by molar-refractivity contribution is 0.0782. The molecular formula is C14H15ClFN3O. The molecule has 2 aromatic rings. The SMILES string of the molecule is CCn1cc(Cl)c(CN(C)C(=O)c2cccc(F)c2)n1. The van der Waals surface area contributed by atoms with Crippen molar-refractivity contribution in [3.8, 4) is 0 Å². The molecule has 0 aliphatic carbocycles. The number of aryl methyl sites for hydroxylation is 1. The van der Waals surface area contributed by atoms with Gasteiger partial charge in [-0.25, -0.2) is 4.39 Å². The predicted octanol–water partition coefficient (Wildman–Crippen LogP) is 2.97. The second kappa shape index (κ2) is 6.05. The van der Waals surface area contributed by atoms with Crippen molar-refractivity contribution >= 4 is 17.5 Å². The molecule has 0 fully saturated rings. The third-order valence-electron chi connectivity index (χ3n) is 2.92. The average molecular weight is 296 g/mol. The van der Waals surface area contributed by atoms with Gasteiger partial charge in [-0.2, -0.15) is 5.10 Å². The molecule has 1 amide bonds. The summed E-state index contributed by atoms with van der Waals surface area (Å²) in [5, 5.41) is 4.80. The van der Waals surface area contributed by atoms with Crippen LogP contribution in [-0.2, 0) is 13.1 Å². The number of halogens is 2. The Bertz CT molecular complexity index is 627. The van der Waals surface area contributed by atoms with E-state index in [1.54, 1.807) is 24.0 Å². The molecular weight excluding hydrogens is 281 g/mol. The van der Waals surface area contributed by atoms with Crippen LogP contribution in [0.1, 0.15) is 23.0 Å². The number of hydrogen-bond acceptors (Lipinski definition) is 2. The summed E-state index contributed by atoms with van der Waals surface area (Å²) in [6.07, 6.45) is 1.72. The Balaban J connectivity index is 2.13. The first-order valence-electron chi connectivity index (χ1n) is 6.24. The molecule has 0 saturated carbocycles. The topological polar surface area (TPSA) is 38.1 Å². The van der Waals surface area contributed by atoms with Crippen LogP contribution in [0.2, 0.25) is 5.02 Å². The first-order chi connectivity index (χ1) is 9.51. The predicted molar refractivity (Wildman–Crippen MR) is 75.1 cm³/mol. The molecule has 6 heteroatoms. The molecule has 0 bridgehead atoms. The number of rotatable bonds is 4. The van der Waals surface area contributed by atoms with Crippen LogP contribution in [0.25, 0.3) is 0 Å². The maximum atomic E-state index is 13.1. The van der Waals surface area contributed by atoms with Gasteiger partial charge in [0, 0.05) is 25.4 Å². The second-order valence-electron chi connectivity index (χ2n) is 4.45. The van der Waals surface area contributed by atoms with Gasteiger partial charge in [-0.15, -0.1) is 0 Å². The molecule has 0 aliphatic rings. The van der Waals surface area contributed by atoms with Crippen LogP contribution in [0.4, 0.5) is 4.39 Å². The summed E-state index contributed by atoms with van der Waals surface area (Å²) < 4.78 is 14.8. The molecule has 1 aromatic heterocycles. The van der Waals surface area contributed by atoms with Gasteiger partial charge in [0.15, 0.2) is 0 Å². The summed E-state index contributed by atoms with van der Waals surface area (Å²) in [6.45, 7) is 2.94. The van der Waals surface area contributed by atoms with E-state index < -0.39 is 5.82 Å².